The number of nitrogens with zero attached hydrogens (tertiary/aromatic N) is 2. The van der Waals surface area contributed by atoms with Gasteiger partial charge in [-0.1, -0.05) is 12.2 Å². The second kappa shape index (κ2) is 3.31. The second-order valence-corrected chi connectivity index (χ2v) is 2.78. The highest BCUT2D eigenvalue weighted by atomic mass is 16.2. The lowest BCUT2D eigenvalue weighted by Crippen LogP contribution is -2.37. The Kier molecular flexibility index (Phi) is 2.00. The summed E-state index contributed by atoms with van der Waals surface area (Å²) in [5, 5.41) is 3.34. The van der Waals surface area contributed by atoms with Crippen molar-refractivity contribution in [3.8, 4) is 0 Å². The number of rotatable bonds is 0. The third kappa shape index (κ3) is 1.54. The molecule has 2 heterocycles. The van der Waals surface area contributed by atoms with E-state index in [0.717, 1.165) is 0 Å². The van der Waals surface area contributed by atoms with Gasteiger partial charge in [0, 0.05) is 25.0 Å². The third-order valence-electron chi connectivity index (χ3n) is 1.86. The molecule has 2 aliphatic rings. The molecule has 0 aromatic heterocycles. The Balaban J connectivity index is 2.29. The van der Waals surface area contributed by atoms with Crippen molar-refractivity contribution in [2.45, 2.75) is 6.42 Å². The number of hydrazine groups is 1. The van der Waals surface area contributed by atoms with Crippen molar-refractivity contribution in [1.82, 2.24) is 10.0 Å². The summed E-state index contributed by atoms with van der Waals surface area (Å²) in [6.07, 6.45) is 15.2. The summed E-state index contributed by atoms with van der Waals surface area (Å²) >= 11 is 0. The number of fused-ring (bicyclic) bond motifs is 1. The van der Waals surface area contributed by atoms with E-state index in [-0.39, 0.29) is 5.91 Å². The fourth-order valence-electron chi connectivity index (χ4n) is 1.23. The summed E-state index contributed by atoms with van der Waals surface area (Å²) in [6.45, 7) is 0. The minimum atomic E-state index is 0.0706. The van der Waals surface area contributed by atoms with Crippen LogP contribution in [0.5, 0.6) is 0 Å². The van der Waals surface area contributed by atoms with Gasteiger partial charge in [0.1, 0.15) is 0 Å². The molecule has 0 fully saturated rings. The molecule has 0 radical (unpaired) electrons. The zero-order valence-corrected chi connectivity index (χ0v) is 7.13. The molecule has 0 spiro atoms. The quantitative estimate of drug-likeness (QED) is 0.556. The molecule has 3 heteroatoms. The maximum absolute atomic E-state index is 11.5. The van der Waals surface area contributed by atoms with Crippen LogP contribution in [0.2, 0.25) is 0 Å². The van der Waals surface area contributed by atoms with E-state index in [1.54, 1.807) is 16.2 Å². The molecule has 0 aromatic rings. The van der Waals surface area contributed by atoms with Crippen molar-refractivity contribution in [2.75, 3.05) is 0 Å². The summed E-state index contributed by atoms with van der Waals surface area (Å²) in [7, 11) is 0. The lowest BCUT2D eigenvalue weighted by atomic mass is 10.3. The molecule has 1 amide bonds. The summed E-state index contributed by atoms with van der Waals surface area (Å²) in [5.74, 6) is 0.0706. The van der Waals surface area contributed by atoms with Crippen LogP contribution in [0.3, 0.4) is 0 Å². The van der Waals surface area contributed by atoms with Gasteiger partial charge in [0.15, 0.2) is 0 Å². The van der Waals surface area contributed by atoms with Gasteiger partial charge in [-0.3, -0.25) is 9.80 Å². The minimum absolute atomic E-state index is 0.0706. The zero-order valence-electron chi connectivity index (χ0n) is 7.13. The van der Waals surface area contributed by atoms with Crippen LogP contribution < -0.4 is 0 Å². The van der Waals surface area contributed by atoms with Crippen LogP contribution in [0.25, 0.3) is 0 Å². The first kappa shape index (κ1) is 7.86. The summed E-state index contributed by atoms with van der Waals surface area (Å²) in [5.41, 5.74) is 0. The van der Waals surface area contributed by atoms with Crippen molar-refractivity contribution in [3.63, 3.8) is 0 Å². The number of allylic oxidation sites excluding steroid dienone is 4. The Morgan fingerprint density at radius 1 is 1.00 bits per heavy atom. The van der Waals surface area contributed by atoms with Gasteiger partial charge in [-0.05, 0) is 18.2 Å². The predicted molar refractivity (Wildman–Crippen MR) is 49.9 cm³/mol. The Morgan fingerprint density at radius 3 is 2.54 bits per heavy atom. The van der Waals surface area contributed by atoms with Crippen LogP contribution in [-0.4, -0.2) is 15.9 Å². The smallest absolute Gasteiger partial charge is 0.249 e. The fraction of sp³-hybridized carbons (Fsp3) is 0.100. The normalized spacial score (nSPS) is 25.1. The van der Waals surface area contributed by atoms with Crippen molar-refractivity contribution in [3.05, 3.63) is 49.0 Å². The maximum Gasteiger partial charge on any atom is 0.249 e. The maximum atomic E-state index is 11.5. The summed E-state index contributed by atoms with van der Waals surface area (Å²) in [4.78, 5) is 11.5. The van der Waals surface area contributed by atoms with Gasteiger partial charge in [-0.25, -0.2) is 5.01 Å². The highest BCUT2D eigenvalue weighted by Crippen LogP contribution is 2.11. The van der Waals surface area contributed by atoms with Gasteiger partial charge in [-0.2, -0.15) is 0 Å². The van der Waals surface area contributed by atoms with E-state index >= 15 is 0 Å². The van der Waals surface area contributed by atoms with Crippen LogP contribution in [0, 0.1) is 0 Å². The van der Waals surface area contributed by atoms with E-state index in [9.17, 15) is 4.79 Å². The molecule has 0 aliphatic carbocycles. The molecule has 66 valence electrons. The van der Waals surface area contributed by atoms with Crippen LogP contribution in [0.1, 0.15) is 6.42 Å². The van der Waals surface area contributed by atoms with E-state index in [0.29, 0.717) is 6.42 Å². The average Bonchev–Trinajstić information content (AvgIpc) is 2.14. The monoisotopic (exact) mass is 174 g/mol. The van der Waals surface area contributed by atoms with Gasteiger partial charge in [0.2, 0.25) is 5.91 Å². The number of carbonyl (C=O) groups is 1. The van der Waals surface area contributed by atoms with E-state index in [1.807, 2.05) is 42.8 Å². The highest BCUT2D eigenvalue weighted by molar-refractivity contribution is 5.78. The van der Waals surface area contributed by atoms with Crippen LogP contribution in [-0.2, 0) is 4.79 Å². The van der Waals surface area contributed by atoms with Crippen LogP contribution in [0.15, 0.2) is 49.0 Å². The highest BCUT2D eigenvalue weighted by Gasteiger charge is 2.15. The first-order chi connectivity index (χ1) is 6.38. The molecule has 13 heavy (non-hydrogen) atoms. The van der Waals surface area contributed by atoms with Crippen molar-refractivity contribution in [1.29, 1.82) is 0 Å². The number of carbonyl (C=O) groups excluding carboxylic acids is 1. The average molecular weight is 174 g/mol. The SMILES string of the molecule is O=C1C/C=C\C=C/N2C=CC=CN12. The van der Waals surface area contributed by atoms with E-state index in [2.05, 4.69) is 0 Å². The van der Waals surface area contributed by atoms with Gasteiger partial charge in [0.25, 0.3) is 0 Å². The van der Waals surface area contributed by atoms with Gasteiger partial charge < -0.3 is 0 Å². The molecule has 2 aliphatic heterocycles. The molecule has 0 saturated carbocycles. The molecule has 0 saturated heterocycles. The van der Waals surface area contributed by atoms with Crippen LogP contribution >= 0.6 is 0 Å². The second-order valence-electron chi connectivity index (χ2n) is 2.78. The minimum Gasteiger partial charge on any atom is -0.272 e. The van der Waals surface area contributed by atoms with Crippen LogP contribution in [0.4, 0.5) is 0 Å². The Labute approximate surface area is 76.9 Å². The predicted octanol–water partition coefficient (Wildman–Crippen LogP) is 1.55. The molecule has 3 nitrogen and oxygen atoms in total. The molecule has 0 aromatic carbocycles. The largest absolute Gasteiger partial charge is 0.272 e. The van der Waals surface area contributed by atoms with Gasteiger partial charge in [-0.15, -0.1) is 0 Å². The van der Waals surface area contributed by atoms with Crippen molar-refractivity contribution >= 4 is 5.91 Å². The van der Waals surface area contributed by atoms with Gasteiger partial charge >= 0.3 is 0 Å². The molecule has 0 bridgehead atoms. The van der Waals surface area contributed by atoms with E-state index in [1.165, 1.54) is 0 Å². The van der Waals surface area contributed by atoms with Crippen molar-refractivity contribution in [2.24, 2.45) is 0 Å². The van der Waals surface area contributed by atoms with Crippen molar-refractivity contribution < 1.29 is 4.79 Å². The Bertz CT molecular complexity index is 326. The third-order valence-corrected chi connectivity index (χ3v) is 1.86. The van der Waals surface area contributed by atoms with E-state index < -0.39 is 0 Å². The zero-order chi connectivity index (χ0) is 9.10. The number of hydrogen-bond acceptors (Lipinski definition) is 2. The molecular weight excluding hydrogens is 164 g/mol. The standard InChI is InChI=1S/C10H10N2O/c13-10-6-2-1-3-7-11-8-4-5-9-12(10)11/h1-5,7-9H,6H2/b2-1-,7-3-. The molecule has 0 N–H and O–H groups in total. The molecule has 2 rings (SSSR count). The summed E-state index contributed by atoms with van der Waals surface area (Å²) < 4.78 is 0. The van der Waals surface area contributed by atoms with Gasteiger partial charge in [0.05, 0.1) is 0 Å². The Hall–Kier alpha value is -1.77. The number of amides is 1. The lowest BCUT2D eigenvalue weighted by molar-refractivity contribution is -0.135. The molecule has 0 atom stereocenters. The molecule has 0 unspecified atom stereocenters. The lowest BCUT2D eigenvalue weighted by Gasteiger charge is -2.30. The first-order valence-corrected chi connectivity index (χ1v) is 4.16. The number of hydrogen-bond donors (Lipinski definition) is 0. The van der Waals surface area contributed by atoms with E-state index in [4.69, 9.17) is 0 Å². The first-order valence-electron chi connectivity index (χ1n) is 4.16. The molecular formula is C10H10N2O. The summed E-state index contributed by atoms with van der Waals surface area (Å²) in [6, 6.07) is 0. The Morgan fingerprint density at radius 2 is 1.69 bits per heavy atom. The topological polar surface area (TPSA) is 23.6 Å². The fourth-order valence-corrected chi connectivity index (χ4v) is 1.23.